The summed E-state index contributed by atoms with van der Waals surface area (Å²) in [6.07, 6.45) is 0.932. The molecule has 1 atom stereocenters. The van der Waals surface area contributed by atoms with Gasteiger partial charge in [-0.3, -0.25) is 0 Å². The normalized spacial score (nSPS) is 13.5. The summed E-state index contributed by atoms with van der Waals surface area (Å²) in [7, 11) is 0. The van der Waals surface area contributed by atoms with Gasteiger partial charge in [0.1, 0.15) is 0 Å². The van der Waals surface area contributed by atoms with Gasteiger partial charge in [-0.15, -0.1) is 0 Å². The second kappa shape index (κ2) is 11.9. The lowest BCUT2D eigenvalue weighted by atomic mass is 10.2. The van der Waals surface area contributed by atoms with Crippen molar-refractivity contribution in [3.05, 3.63) is 0 Å². The van der Waals surface area contributed by atoms with Crippen LogP contribution >= 0.6 is 0 Å². The Morgan fingerprint density at radius 1 is 0.944 bits per heavy atom. The van der Waals surface area contributed by atoms with Crippen LogP contribution in [0, 0.1) is 0 Å². The van der Waals surface area contributed by atoms with Crippen LogP contribution in [0.2, 0.25) is 0 Å². The van der Waals surface area contributed by atoms with E-state index in [2.05, 4.69) is 42.8 Å². The molecule has 0 aromatic heterocycles. The highest BCUT2D eigenvalue weighted by molar-refractivity contribution is 4.66. The molecule has 0 aliphatic carbocycles. The van der Waals surface area contributed by atoms with Gasteiger partial charge in [0, 0.05) is 13.1 Å². The van der Waals surface area contributed by atoms with Crippen LogP contribution in [0.3, 0.4) is 0 Å². The highest BCUT2D eigenvalue weighted by Crippen LogP contribution is 1.97. The molecule has 2 N–H and O–H groups in total. The summed E-state index contributed by atoms with van der Waals surface area (Å²) in [4.78, 5) is 4.79. The number of aliphatic hydroxyl groups is 1. The van der Waals surface area contributed by atoms with Crippen LogP contribution in [-0.4, -0.2) is 73.4 Å². The van der Waals surface area contributed by atoms with E-state index in [1.54, 1.807) is 0 Å². The van der Waals surface area contributed by atoms with E-state index in [1.807, 2.05) is 0 Å². The fourth-order valence-corrected chi connectivity index (χ4v) is 2.11. The Morgan fingerprint density at radius 3 is 2.00 bits per heavy atom. The molecule has 110 valence electrons. The summed E-state index contributed by atoms with van der Waals surface area (Å²) in [6.45, 7) is 16.6. The molecule has 0 saturated heterocycles. The number of hydrogen-bond acceptors (Lipinski definition) is 4. The topological polar surface area (TPSA) is 38.7 Å². The fraction of sp³-hybridized carbons (Fsp3) is 1.00. The van der Waals surface area contributed by atoms with E-state index in [1.165, 1.54) is 6.42 Å². The summed E-state index contributed by atoms with van der Waals surface area (Å²) in [5, 5.41) is 13.1. The first-order chi connectivity index (χ1) is 8.67. The molecule has 0 radical (unpaired) electrons. The molecule has 0 amide bonds. The first-order valence-electron chi connectivity index (χ1n) is 7.51. The molecular formula is C14H33N3O. The third kappa shape index (κ3) is 8.86. The van der Waals surface area contributed by atoms with E-state index in [0.717, 1.165) is 45.8 Å². The summed E-state index contributed by atoms with van der Waals surface area (Å²) >= 11 is 0. The molecule has 4 heteroatoms. The van der Waals surface area contributed by atoms with Crippen LogP contribution in [0.15, 0.2) is 0 Å². The molecule has 18 heavy (non-hydrogen) atoms. The summed E-state index contributed by atoms with van der Waals surface area (Å²) in [6, 6.07) is 0. The number of nitrogens with one attached hydrogen (secondary N) is 1. The highest BCUT2D eigenvalue weighted by Gasteiger charge is 2.10. The quantitative estimate of drug-likeness (QED) is 0.549. The van der Waals surface area contributed by atoms with E-state index in [-0.39, 0.29) is 6.10 Å². The molecule has 0 bridgehead atoms. The smallest absolute Gasteiger partial charge is 0.0791 e. The molecule has 0 aromatic rings. The number of aliphatic hydroxyl groups excluding tert-OH is 1. The lowest BCUT2D eigenvalue weighted by Gasteiger charge is -2.25. The minimum Gasteiger partial charge on any atom is -0.390 e. The zero-order valence-corrected chi connectivity index (χ0v) is 12.8. The molecular weight excluding hydrogens is 226 g/mol. The predicted octanol–water partition coefficient (Wildman–Crippen LogP) is 1.01. The van der Waals surface area contributed by atoms with Crippen molar-refractivity contribution in [3.63, 3.8) is 0 Å². The van der Waals surface area contributed by atoms with E-state index >= 15 is 0 Å². The molecule has 0 aliphatic heterocycles. The van der Waals surface area contributed by atoms with Gasteiger partial charge in [0.15, 0.2) is 0 Å². The largest absolute Gasteiger partial charge is 0.390 e. The lowest BCUT2D eigenvalue weighted by Crippen LogP contribution is -2.39. The third-order valence-corrected chi connectivity index (χ3v) is 3.39. The Hall–Kier alpha value is -0.160. The van der Waals surface area contributed by atoms with Crippen molar-refractivity contribution in [1.29, 1.82) is 0 Å². The van der Waals surface area contributed by atoms with Crippen LogP contribution in [-0.2, 0) is 0 Å². The van der Waals surface area contributed by atoms with Crippen molar-refractivity contribution in [2.24, 2.45) is 0 Å². The minimum absolute atomic E-state index is 0.252. The molecule has 4 nitrogen and oxygen atoms in total. The molecule has 0 spiro atoms. The highest BCUT2D eigenvalue weighted by atomic mass is 16.3. The Bertz CT molecular complexity index is 174. The van der Waals surface area contributed by atoms with Crippen molar-refractivity contribution in [3.8, 4) is 0 Å². The first-order valence-corrected chi connectivity index (χ1v) is 7.51. The molecule has 0 saturated carbocycles. The first kappa shape index (κ1) is 17.8. The van der Waals surface area contributed by atoms with Crippen LogP contribution in [0.4, 0.5) is 0 Å². The maximum absolute atomic E-state index is 9.87. The maximum atomic E-state index is 9.87. The van der Waals surface area contributed by atoms with Crippen LogP contribution in [0.5, 0.6) is 0 Å². The zero-order chi connectivity index (χ0) is 13.8. The van der Waals surface area contributed by atoms with Gasteiger partial charge in [-0.05, 0) is 45.7 Å². The second-order valence-electron chi connectivity index (χ2n) is 4.74. The summed E-state index contributed by atoms with van der Waals surface area (Å²) in [5.74, 6) is 0. The van der Waals surface area contributed by atoms with Gasteiger partial charge in [0.2, 0.25) is 0 Å². The Morgan fingerprint density at radius 2 is 1.50 bits per heavy atom. The van der Waals surface area contributed by atoms with Crippen molar-refractivity contribution in [2.75, 3.05) is 52.4 Å². The van der Waals surface area contributed by atoms with Gasteiger partial charge in [0.05, 0.1) is 6.10 Å². The van der Waals surface area contributed by atoms with Crippen molar-refractivity contribution >= 4 is 0 Å². The molecule has 0 aromatic carbocycles. The summed E-state index contributed by atoms with van der Waals surface area (Å²) < 4.78 is 0. The van der Waals surface area contributed by atoms with E-state index in [4.69, 9.17) is 0 Å². The van der Waals surface area contributed by atoms with Gasteiger partial charge >= 0.3 is 0 Å². The van der Waals surface area contributed by atoms with E-state index in [0.29, 0.717) is 6.54 Å². The average molecular weight is 259 g/mol. The van der Waals surface area contributed by atoms with Gasteiger partial charge < -0.3 is 20.2 Å². The number of likely N-dealkylation sites (N-methyl/N-ethyl adjacent to an activating group) is 2. The molecule has 0 fully saturated rings. The van der Waals surface area contributed by atoms with Gasteiger partial charge in [-0.25, -0.2) is 0 Å². The van der Waals surface area contributed by atoms with Crippen LogP contribution < -0.4 is 5.32 Å². The fourth-order valence-electron chi connectivity index (χ4n) is 2.11. The van der Waals surface area contributed by atoms with E-state index < -0.39 is 0 Å². The predicted molar refractivity (Wildman–Crippen MR) is 79.1 cm³/mol. The van der Waals surface area contributed by atoms with Crippen molar-refractivity contribution in [2.45, 2.75) is 40.2 Å². The van der Waals surface area contributed by atoms with Gasteiger partial charge in [0.25, 0.3) is 0 Å². The van der Waals surface area contributed by atoms with E-state index in [9.17, 15) is 5.11 Å². The van der Waals surface area contributed by atoms with Crippen LogP contribution in [0.1, 0.15) is 34.1 Å². The standard InChI is InChI=1S/C14H33N3O/c1-5-15-12-14(18)13-17(8-4)11-9-10-16(6-2)7-3/h14-15,18H,5-13H2,1-4H3. The van der Waals surface area contributed by atoms with Crippen LogP contribution in [0.25, 0.3) is 0 Å². The SMILES string of the molecule is CCNCC(O)CN(CC)CCCN(CC)CC. The zero-order valence-electron chi connectivity index (χ0n) is 12.8. The summed E-state index contributed by atoms with van der Waals surface area (Å²) in [5.41, 5.74) is 0. The number of nitrogens with zero attached hydrogens (tertiary/aromatic N) is 2. The van der Waals surface area contributed by atoms with Crippen molar-refractivity contribution < 1.29 is 5.11 Å². The maximum Gasteiger partial charge on any atom is 0.0791 e. The van der Waals surface area contributed by atoms with Crippen molar-refractivity contribution in [1.82, 2.24) is 15.1 Å². The monoisotopic (exact) mass is 259 g/mol. The molecule has 0 rings (SSSR count). The molecule has 0 aliphatic rings. The number of rotatable bonds is 12. The second-order valence-corrected chi connectivity index (χ2v) is 4.74. The van der Waals surface area contributed by atoms with Gasteiger partial charge in [-0.2, -0.15) is 0 Å². The third-order valence-electron chi connectivity index (χ3n) is 3.39. The Balaban J connectivity index is 3.75. The minimum atomic E-state index is -0.252. The number of hydrogen-bond donors (Lipinski definition) is 2. The Labute approximate surface area is 113 Å². The molecule has 1 unspecified atom stereocenters. The molecule has 0 heterocycles. The Kier molecular flexibility index (Phi) is 11.8. The average Bonchev–Trinajstić information content (AvgIpc) is 2.39. The van der Waals surface area contributed by atoms with Gasteiger partial charge in [-0.1, -0.05) is 27.7 Å². The lowest BCUT2D eigenvalue weighted by molar-refractivity contribution is 0.111.